The minimum Gasteiger partial charge on any atom is -0.341 e. The molecule has 4 heterocycles. The Hall–Kier alpha value is -2.31. The standard InChI is InChI=1S/C26H35N5O/c1-19-12-21(22-6-5-20(13-27-2)25-23(22)4-3-9-29-25)15-31(14-19)24(32)16-30-10-7-26(8-11-30)17-28-18-26/h3-6,9,13,19,21,28H,7-8,10-12,14-18H2,1-2H3/b27-13-/t19-,21+/m1/s1. The highest BCUT2D eigenvalue weighted by Gasteiger charge is 2.40. The summed E-state index contributed by atoms with van der Waals surface area (Å²) in [5, 5.41) is 4.61. The lowest BCUT2D eigenvalue weighted by Crippen LogP contribution is -2.59. The van der Waals surface area contributed by atoms with Crippen LogP contribution in [0.2, 0.25) is 0 Å². The highest BCUT2D eigenvalue weighted by molar-refractivity contribution is 5.99. The molecule has 0 unspecified atom stereocenters. The van der Waals surface area contributed by atoms with Crippen molar-refractivity contribution in [2.75, 3.05) is 52.9 Å². The Labute approximate surface area is 191 Å². The number of carbonyl (C=O) groups is 1. The summed E-state index contributed by atoms with van der Waals surface area (Å²) in [7, 11) is 1.79. The second-order valence-electron chi connectivity index (χ2n) is 10.2. The van der Waals surface area contributed by atoms with Gasteiger partial charge < -0.3 is 10.2 Å². The van der Waals surface area contributed by atoms with Gasteiger partial charge in [-0.25, -0.2) is 0 Å². The molecule has 0 radical (unpaired) electrons. The number of aliphatic imine (C=N–C) groups is 1. The first-order valence-electron chi connectivity index (χ1n) is 12.1. The molecule has 6 nitrogen and oxygen atoms in total. The maximum Gasteiger partial charge on any atom is 0.236 e. The van der Waals surface area contributed by atoms with Gasteiger partial charge in [0, 0.05) is 62.5 Å². The van der Waals surface area contributed by atoms with Crippen molar-refractivity contribution in [3.05, 3.63) is 41.6 Å². The molecular weight excluding hydrogens is 398 g/mol. The third-order valence-electron chi connectivity index (χ3n) is 7.83. The van der Waals surface area contributed by atoms with Crippen molar-refractivity contribution < 1.29 is 4.79 Å². The van der Waals surface area contributed by atoms with E-state index in [1.165, 1.54) is 23.8 Å². The molecule has 1 aromatic heterocycles. The van der Waals surface area contributed by atoms with Gasteiger partial charge in [0.1, 0.15) is 0 Å². The largest absolute Gasteiger partial charge is 0.341 e. The van der Waals surface area contributed by atoms with Gasteiger partial charge in [-0.1, -0.05) is 25.1 Å². The predicted molar refractivity (Wildman–Crippen MR) is 129 cm³/mol. The molecule has 2 atom stereocenters. The number of aromatic nitrogens is 1. The fourth-order valence-electron chi connectivity index (χ4n) is 5.91. The number of fused-ring (bicyclic) bond motifs is 1. The number of amides is 1. The normalized spacial score (nSPS) is 26.0. The average Bonchev–Trinajstić information content (AvgIpc) is 2.78. The molecule has 3 saturated heterocycles. The Kier molecular flexibility index (Phi) is 5.99. The Balaban J connectivity index is 1.30. The molecule has 1 amide bonds. The van der Waals surface area contributed by atoms with E-state index in [2.05, 4.69) is 50.2 Å². The quantitative estimate of drug-likeness (QED) is 0.754. The van der Waals surface area contributed by atoms with Crippen LogP contribution < -0.4 is 5.32 Å². The maximum atomic E-state index is 13.3. The highest BCUT2D eigenvalue weighted by Crippen LogP contribution is 2.36. The van der Waals surface area contributed by atoms with Gasteiger partial charge in [-0.2, -0.15) is 0 Å². The van der Waals surface area contributed by atoms with Crippen molar-refractivity contribution >= 4 is 23.0 Å². The highest BCUT2D eigenvalue weighted by atomic mass is 16.2. The van der Waals surface area contributed by atoms with Crippen LogP contribution in [0.3, 0.4) is 0 Å². The molecule has 170 valence electrons. The van der Waals surface area contributed by atoms with Crippen molar-refractivity contribution in [3.63, 3.8) is 0 Å². The van der Waals surface area contributed by atoms with E-state index in [4.69, 9.17) is 0 Å². The third-order valence-corrected chi connectivity index (χ3v) is 7.83. The third kappa shape index (κ3) is 4.18. The van der Waals surface area contributed by atoms with Crippen LogP contribution in [0.15, 0.2) is 35.5 Å². The van der Waals surface area contributed by atoms with E-state index in [0.717, 1.165) is 56.8 Å². The second kappa shape index (κ2) is 8.91. The minimum absolute atomic E-state index is 0.293. The zero-order chi connectivity index (χ0) is 22.1. The molecule has 6 heteroatoms. The van der Waals surface area contributed by atoms with Crippen LogP contribution in [0.5, 0.6) is 0 Å². The molecule has 1 aromatic carbocycles. The van der Waals surface area contributed by atoms with Gasteiger partial charge in [0.25, 0.3) is 0 Å². The lowest BCUT2D eigenvalue weighted by Gasteiger charge is -2.48. The van der Waals surface area contributed by atoms with E-state index < -0.39 is 0 Å². The van der Waals surface area contributed by atoms with Crippen LogP contribution in [0.1, 0.15) is 43.2 Å². The molecule has 0 saturated carbocycles. The molecule has 0 bridgehead atoms. The van der Waals surface area contributed by atoms with Crippen LogP contribution >= 0.6 is 0 Å². The molecule has 2 aromatic rings. The number of pyridine rings is 1. The molecule has 3 aliphatic rings. The SMILES string of the molecule is C/N=C\c1ccc([C@H]2C[C@@H](C)CN(C(=O)CN3CCC4(CC3)CNC4)C2)c2cccnc12. The van der Waals surface area contributed by atoms with Gasteiger partial charge in [-0.05, 0) is 55.3 Å². The number of nitrogens with zero attached hydrogens (tertiary/aromatic N) is 4. The molecule has 1 N–H and O–H groups in total. The van der Waals surface area contributed by atoms with Crippen molar-refractivity contribution in [1.82, 2.24) is 20.1 Å². The van der Waals surface area contributed by atoms with Crippen molar-refractivity contribution in [1.29, 1.82) is 0 Å². The predicted octanol–water partition coefficient (Wildman–Crippen LogP) is 2.92. The maximum absolute atomic E-state index is 13.3. The molecule has 5 rings (SSSR count). The summed E-state index contributed by atoms with van der Waals surface area (Å²) >= 11 is 0. The fraction of sp³-hybridized carbons (Fsp3) is 0.577. The van der Waals surface area contributed by atoms with Gasteiger partial charge in [0.15, 0.2) is 0 Å². The lowest BCUT2D eigenvalue weighted by atomic mass is 9.73. The van der Waals surface area contributed by atoms with Crippen molar-refractivity contribution in [3.8, 4) is 0 Å². The summed E-state index contributed by atoms with van der Waals surface area (Å²) in [6.07, 6.45) is 7.27. The van der Waals surface area contributed by atoms with E-state index in [1.54, 1.807) is 7.05 Å². The van der Waals surface area contributed by atoms with Gasteiger partial charge >= 0.3 is 0 Å². The Morgan fingerprint density at radius 2 is 2.06 bits per heavy atom. The first-order valence-corrected chi connectivity index (χ1v) is 12.1. The molecule has 0 aliphatic carbocycles. The summed E-state index contributed by atoms with van der Waals surface area (Å²) < 4.78 is 0. The number of hydrogen-bond acceptors (Lipinski definition) is 5. The fourth-order valence-corrected chi connectivity index (χ4v) is 5.91. The second-order valence-corrected chi connectivity index (χ2v) is 10.2. The van der Waals surface area contributed by atoms with Gasteiger partial charge in [0.05, 0.1) is 12.1 Å². The van der Waals surface area contributed by atoms with E-state index in [-0.39, 0.29) is 0 Å². The number of rotatable bonds is 4. The van der Waals surface area contributed by atoms with Crippen molar-refractivity contribution in [2.24, 2.45) is 16.3 Å². The molecule has 32 heavy (non-hydrogen) atoms. The number of piperidine rings is 2. The molecule has 1 spiro atoms. The van der Waals surface area contributed by atoms with Crippen LogP contribution in [-0.2, 0) is 4.79 Å². The van der Waals surface area contributed by atoms with Gasteiger partial charge in [0.2, 0.25) is 5.91 Å². The number of carbonyl (C=O) groups excluding carboxylic acids is 1. The first-order chi connectivity index (χ1) is 15.6. The Morgan fingerprint density at radius 1 is 1.25 bits per heavy atom. The Bertz CT molecular complexity index is 1000. The topological polar surface area (TPSA) is 60.8 Å². The van der Waals surface area contributed by atoms with Crippen LogP contribution in [-0.4, -0.2) is 79.8 Å². The zero-order valence-electron chi connectivity index (χ0n) is 19.4. The van der Waals surface area contributed by atoms with Crippen LogP contribution in [0.25, 0.3) is 10.9 Å². The Morgan fingerprint density at radius 3 is 2.78 bits per heavy atom. The molecular formula is C26H35N5O. The summed E-state index contributed by atoms with van der Waals surface area (Å²) in [4.78, 5) is 26.6. The molecule has 3 aliphatic heterocycles. The van der Waals surface area contributed by atoms with E-state index >= 15 is 0 Å². The molecule has 3 fully saturated rings. The number of likely N-dealkylation sites (tertiary alicyclic amines) is 2. The van der Waals surface area contributed by atoms with Gasteiger partial charge in [-0.15, -0.1) is 0 Å². The van der Waals surface area contributed by atoms with Crippen LogP contribution in [0, 0.1) is 11.3 Å². The number of benzene rings is 1. The smallest absolute Gasteiger partial charge is 0.236 e. The van der Waals surface area contributed by atoms with Crippen molar-refractivity contribution in [2.45, 2.75) is 32.1 Å². The zero-order valence-corrected chi connectivity index (χ0v) is 19.4. The van der Waals surface area contributed by atoms with E-state index in [1.807, 2.05) is 18.5 Å². The summed E-state index contributed by atoms with van der Waals surface area (Å²) in [6, 6.07) is 8.52. The summed E-state index contributed by atoms with van der Waals surface area (Å²) in [5.74, 6) is 1.13. The number of hydrogen-bond donors (Lipinski definition) is 1. The lowest BCUT2D eigenvalue weighted by molar-refractivity contribution is -0.135. The average molecular weight is 434 g/mol. The minimum atomic E-state index is 0.293. The summed E-state index contributed by atoms with van der Waals surface area (Å²) in [5.41, 5.74) is 3.88. The monoisotopic (exact) mass is 433 g/mol. The summed E-state index contributed by atoms with van der Waals surface area (Å²) in [6.45, 7) is 8.94. The van der Waals surface area contributed by atoms with Gasteiger partial charge in [-0.3, -0.25) is 19.7 Å². The van der Waals surface area contributed by atoms with E-state index in [0.29, 0.717) is 29.7 Å². The van der Waals surface area contributed by atoms with E-state index in [9.17, 15) is 4.79 Å². The number of nitrogens with one attached hydrogen (secondary N) is 1. The van der Waals surface area contributed by atoms with Crippen LogP contribution in [0.4, 0.5) is 0 Å². The first kappa shape index (κ1) is 21.5.